The Morgan fingerprint density at radius 3 is 1.41 bits per heavy atom. The second kappa shape index (κ2) is 20.5. The number of piperazine rings is 2. The Hall–Kier alpha value is -7.38. The van der Waals surface area contributed by atoms with Crippen molar-refractivity contribution in [1.82, 2.24) is 19.6 Å². The van der Waals surface area contributed by atoms with E-state index in [4.69, 9.17) is 25.7 Å². The second-order valence-corrected chi connectivity index (χ2v) is 14.2. The first-order chi connectivity index (χ1) is 29.9. The number of hydrogen-bond donors (Lipinski definition) is 3. The molecule has 0 unspecified atom stereocenters. The Kier molecular flexibility index (Phi) is 15.2. The molecule has 2 aliphatic rings. The normalized spacial score (nSPS) is 13.9. The molecule has 16 nitrogen and oxygen atoms in total. The van der Waals surface area contributed by atoms with Crippen molar-refractivity contribution in [3.63, 3.8) is 0 Å². The van der Waals surface area contributed by atoms with Gasteiger partial charge in [0.25, 0.3) is 11.8 Å². The van der Waals surface area contributed by atoms with E-state index in [1.54, 1.807) is 13.8 Å². The van der Waals surface area contributed by atoms with Crippen LogP contribution >= 0.6 is 0 Å². The number of hydrogen-bond acceptors (Lipinski definition) is 10. The number of phenols is 1. The zero-order chi connectivity index (χ0) is 46.1. The summed E-state index contributed by atoms with van der Waals surface area (Å²) in [6.45, 7) is 3.19. The standard InChI is InChI=1S/C22H23F2N3O5.C21H21F2N3O5/c1-3-13-9-18(31-2)19(10-15(13)23)32-17-5-4-14(8-16(17)24)22(30)27-7-6-26(11-20(25)28)21(29)12-27;1-2-12-8-16(27)18(9-14(12)22)31-17-4-3-13(7-15(17)23)21(30)26-6-5-25(10-19(24)28)20(29)11-26/h4-5,8-10H,3,6-7,11-12H2,1-2H3,(H2,25,28);3-4,7-9,27H,2,5-6,10-11H2,1H3,(H2,24,28). The molecule has 2 aliphatic heterocycles. The molecule has 334 valence electrons. The molecule has 0 aliphatic carbocycles. The van der Waals surface area contributed by atoms with Gasteiger partial charge in [0.05, 0.1) is 20.2 Å². The van der Waals surface area contributed by atoms with Gasteiger partial charge in [-0.1, -0.05) is 13.8 Å². The maximum Gasteiger partial charge on any atom is 0.254 e. The number of aromatic hydroxyl groups is 1. The molecular formula is C43H44F4N6O10. The van der Waals surface area contributed by atoms with E-state index in [2.05, 4.69) is 0 Å². The lowest BCUT2D eigenvalue weighted by Gasteiger charge is -2.33. The summed E-state index contributed by atoms with van der Waals surface area (Å²) in [5.74, 6) is -6.99. The van der Waals surface area contributed by atoms with Crippen molar-refractivity contribution in [2.45, 2.75) is 26.7 Å². The average molecular weight is 881 g/mol. The minimum atomic E-state index is -0.899. The van der Waals surface area contributed by atoms with Gasteiger partial charge in [0, 0.05) is 49.4 Å². The van der Waals surface area contributed by atoms with E-state index >= 15 is 0 Å². The van der Waals surface area contributed by atoms with Gasteiger partial charge in [0.15, 0.2) is 46.1 Å². The molecule has 0 aromatic heterocycles. The molecule has 4 aromatic rings. The number of carbonyl (C=O) groups is 6. The van der Waals surface area contributed by atoms with Gasteiger partial charge in [0.1, 0.15) is 24.7 Å². The van der Waals surface area contributed by atoms with Crippen LogP contribution in [0.4, 0.5) is 17.6 Å². The van der Waals surface area contributed by atoms with E-state index in [1.807, 2.05) is 0 Å². The van der Waals surface area contributed by atoms with E-state index in [9.17, 15) is 51.4 Å². The van der Waals surface area contributed by atoms with Crippen LogP contribution in [0, 0.1) is 23.3 Å². The molecule has 0 saturated carbocycles. The fourth-order valence-electron chi connectivity index (χ4n) is 6.54. The molecule has 4 aromatic carbocycles. The molecule has 63 heavy (non-hydrogen) atoms. The predicted octanol–water partition coefficient (Wildman–Crippen LogP) is 3.89. The summed E-state index contributed by atoms with van der Waals surface area (Å²) >= 11 is 0. The third kappa shape index (κ3) is 11.5. The number of nitrogens with zero attached hydrogens (tertiary/aromatic N) is 4. The monoisotopic (exact) mass is 880 g/mol. The molecule has 2 fully saturated rings. The lowest BCUT2D eigenvalue weighted by Crippen LogP contribution is -2.54. The highest BCUT2D eigenvalue weighted by molar-refractivity contribution is 5.98. The Labute approximate surface area is 358 Å². The molecule has 2 saturated heterocycles. The number of primary amides is 2. The van der Waals surface area contributed by atoms with Gasteiger partial charge in [-0.25, -0.2) is 17.6 Å². The molecule has 20 heteroatoms. The van der Waals surface area contributed by atoms with Crippen LogP contribution in [0.25, 0.3) is 0 Å². The van der Waals surface area contributed by atoms with Crippen molar-refractivity contribution in [1.29, 1.82) is 0 Å². The topological polar surface area (TPSA) is 215 Å². The number of aryl methyl sites for hydroxylation is 2. The van der Waals surface area contributed by atoms with Gasteiger partial charge >= 0.3 is 0 Å². The van der Waals surface area contributed by atoms with Crippen molar-refractivity contribution in [3.05, 3.63) is 106 Å². The summed E-state index contributed by atoms with van der Waals surface area (Å²) in [7, 11) is 1.39. The van der Waals surface area contributed by atoms with Crippen LogP contribution in [0.2, 0.25) is 0 Å². The fraction of sp³-hybridized carbons (Fsp3) is 0.302. The first-order valence-electron chi connectivity index (χ1n) is 19.5. The summed E-state index contributed by atoms with van der Waals surface area (Å²) in [5.41, 5.74) is 10.9. The van der Waals surface area contributed by atoms with Gasteiger partial charge in [0.2, 0.25) is 23.6 Å². The molecule has 0 radical (unpaired) electrons. The number of phenolic OH excluding ortho intramolecular Hbond substituents is 1. The number of halogens is 4. The van der Waals surface area contributed by atoms with E-state index < -0.39 is 58.7 Å². The molecule has 0 spiro atoms. The van der Waals surface area contributed by atoms with Crippen LogP contribution in [0.1, 0.15) is 45.7 Å². The highest BCUT2D eigenvalue weighted by Gasteiger charge is 2.30. The van der Waals surface area contributed by atoms with E-state index in [1.165, 1.54) is 63.1 Å². The van der Waals surface area contributed by atoms with Crippen LogP contribution < -0.4 is 25.7 Å². The van der Waals surface area contributed by atoms with Crippen LogP contribution in [0.5, 0.6) is 34.5 Å². The smallest absolute Gasteiger partial charge is 0.254 e. The first kappa shape index (κ1) is 46.7. The number of rotatable bonds is 13. The number of nitrogens with two attached hydrogens (primary N) is 2. The van der Waals surface area contributed by atoms with Crippen molar-refractivity contribution >= 4 is 35.4 Å². The van der Waals surface area contributed by atoms with Crippen molar-refractivity contribution in [2.75, 3.05) is 59.5 Å². The maximum atomic E-state index is 14.7. The van der Waals surface area contributed by atoms with E-state index in [-0.39, 0.29) is 104 Å². The quantitative estimate of drug-likeness (QED) is 0.165. The van der Waals surface area contributed by atoms with Crippen LogP contribution in [0.3, 0.4) is 0 Å². The molecule has 6 amide bonds. The van der Waals surface area contributed by atoms with Crippen LogP contribution in [-0.4, -0.2) is 120 Å². The fourth-order valence-corrected chi connectivity index (χ4v) is 6.54. The molecule has 6 rings (SSSR count). The molecular weight excluding hydrogens is 836 g/mol. The summed E-state index contributed by atoms with van der Waals surface area (Å²) in [4.78, 5) is 76.5. The lowest BCUT2D eigenvalue weighted by molar-refractivity contribution is -0.138. The largest absolute Gasteiger partial charge is 0.504 e. The molecule has 0 atom stereocenters. The lowest BCUT2D eigenvalue weighted by atomic mass is 10.1. The minimum absolute atomic E-state index is 0.00338. The highest BCUT2D eigenvalue weighted by atomic mass is 19.1. The zero-order valence-corrected chi connectivity index (χ0v) is 34.4. The highest BCUT2D eigenvalue weighted by Crippen LogP contribution is 2.36. The van der Waals surface area contributed by atoms with Crippen LogP contribution in [0.15, 0.2) is 60.7 Å². The Morgan fingerprint density at radius 1 is 0.587 bits per heavy atom. The van der Waals surface area contributed by atoms with Gasteiger partial charge in [-0.3, -0.25) is 28.8 Å². The van der Waals surface area contributed by atoms with E-state index in [0.717, 1.165) is 24.3 Å². The van der Waals surface area contributed by atoms with Gasteiger partial charge < -0.3 is 50.4 Å². The third-order valence-corrected chi connectivity index (χ3v) is 9.93. The third-order valence-electron chi connectivity index (χ3n) is 9.93. The van der Waals surface area contributed by atoms with Crippen molar-refractivity contribution in [2.24, 2.45) is 11.5 Å². The average Bonchev–Trinajstić information content (AvgIpc) is 3.24. The molecule has 0 bridgehead atoms. The minimum Gasteiger partial charge on any atom is -0.504 e. The first-order valence-corrected chi connectivity index (χ1v) is 19.5. The Morgan fingerprint density at radius 2 is 1.02 bits per heavy atom. The summed E-state index contributed by atoms with van der Waals surface area (Å²) in [6, 6.07) is 11.8. The number of methoxy groups -OCH3 is 1. The molecule has 5 N–H and O–H groups in total. The second-order valence-electron chi connectivity index (χ2n) is 14.2. The SMILES string of the molecule is CCc1cc(O)c(Oc2ccc(C(=O)N3CCN(CC(N)=O)C(=O)C3)cc2F)cc1F.CCc1cc(OC)c(Oc2ccc(C(=O)N3CCN(CC(N)=O)C(=O)C3)cc2F)cc1F. The van der Waals surface area contributed by atoms with Gasteiger partial charge in [-0.2, -0.15) is 0 Å². The van der Waals surface area contributed by atoms with Gasteiger partial charge in [-0.05, 0) is 72.5 Å². The maximum absolute atomic E-state index is 14.7. The van der Waals surface area contributed by atoms with Gasteiger partial charge in [-0.15, -0.1) is 0 Å². The number of ether oxygens (including phenoxy) is 3. The summed E-state index contributed by atoms with van der Waals surface area (Å²) in [6.07, 6.45) is 0.817. The van der Waals surface area contributed by atoms with E-state index in [0.29, 0.717) is 18.4 Å². The summed E-state index contributed by atoms with van der Waals surface area (Å²) < 4.78 is 73.2. The predicted molar refractivity (Wildman–Crippen MR) is 216 cm³/mol. The number of carbonyl (C=O) groups excluding carboxylic acids is 6. The number of benzene rings is 4. The number of amides is 6. The summed E-state index contributed by atoms with van der Waals surface area (Å²) in [5, 5.41) is 9.97. The van der Waals surface area contributed by atoms with Crippen LogP contribution in [-0.2, 0) is 32.0 Å². The Bertz CT molecular complexity index is 2440. The Balaban J connectivity index is 0.000000238. The van der Waals surface area contributed by atoms with Crippen molar-refractivity contribution in [3.8, 4) is 34.5 Å². The molecule has 2 heterocycles. The van der Waals surface area contributed by atoms with Crippen molar-refractivity contribution < 1.29 is 65.6 Å². The zero-order valence-electron chi connectivity index (χ0n) is 34.4.